The molecule has 4 rings (SSSR count). The highest BCUT2D eigenvalue weighted by molar-refractivity contribution is 5.83. The Bertz CT molecular complexity index is 1160. The van der Waals surface area contributed by atoms with Crippen molar-refractivity contribution in [2.45, 2.75) is 0 Å². The van der Waals surface area contributed by atoms with Gasteiger partial charge < -0.3 is 10.6 Å². The number of halogens is 1. The second kappa shape index (κ2) is 6.77. The van der Waals surface area contributed by atoms with Crippen LogP contribution in [0.4, 0.5) is 21.8 Å². The van der Waals surface area contributed by atoms with Gasteiger partial charge >= 0.3 is 0 Å². The number of nitrogens with zero attached hydrogens (tertiary/aromatic N) is 4. The van der Waals surface area contributed by atoms with Gasteiger partial charge in [0.25, 0.3) is 0 Å². The normalized spacial score (nSPS) is 10.6. The highest BCUT2D eigenvalue weighted by Crippen LogP contribution is 2.27. The van der Waals surface area contributed by atoms with Crippen molar-refractivity contribution in [3.63, 3.8) is 0 Å². The molecular weight excluding hydrogens is 343 g/mol. The molecule has 2 N–H and O–H groups in total. The van der Waals surface area contributed by atoms with Gasteiger partial charge in [-0.15, -0.1) is 0 Å². The Hall–Kier alpha value is -3.92. The van der Waals surface area contributed by atoms with Crippen molar-refractivity contribution >= 4 is 28.5 Å². The van der Waals surface area contributed by atoms with Crippen LogP contribution in [0.25, 0.3) is 16.7 Å². The number of rotatable bonds is 4. The maximum Gasteiger partial charge on any atom is 0.208 e. The fourth-order valence-corrected chi connectivity index (χ4v) is 2.87. The van der Waals surface area contributed by atoms with E-state index in [0.717, 1.165) is 11.2 Å². The van der Waals surface area contributed by atoms with Crippen LogP contribution in [0.1, 0.15) is 5.56 Å². The summed E-state index contributed by atoms with van der Waals surface area (Å²) in [6.45, 7) is 0. The fourth-order valence-electron chi connectivity index (χ4n) is 2.87. The number of nitrogens with one attached hydrogen (secondary N) is 2. The van der Waals surface area contributed by atoms with Gasteiger partial charge in [-0.1, -0.05) is 6.07 Å². The van der Waals surface area contributed by atoms with E-state index in [2.05, 4.69) is 26.7 Å². The molecule has 2 aromatic heterocycles. The van der Waals surface area contributed by atoms with Gasteiger partial charge in [0.05, 0.1) is 29.0 Å². The molecule has 0 unspecified atom stereocenters. The van der Waals surface area contributed by atoms with Crippen molar-refractivity contribution in [2.24, 2.45) is 0 Å². The van der Waals surface area contributed by atoms with Crippen LogP contribution in [0.5, 0.6) is 0 Å². The van der Waals surface area contributed by atoms with Crippen LogP contribution in [-0.2, 0) is 0 Å². The highest BCUT2D eigenvalue weighted by atomic mass is 19.1. The van der Waals surface area contributed by atoms with Crippen LogP contribution in [0.2, 0.25) is 0 Å². The lowest BCUT2D eigenvalue weighted by Gasteiger charge is -2.10. The third-order valence-electron chi connectivity index (χ3n) is 4.12. The summed E-state index contributed by atoms with van der Waals surface area (Å²) in [4.78, 5) is 8.90. The molecule has 0 amide bonds. The number of benzene rings is 2. The summed E-state index contributed by atoms with van der Waals surface area (Å²) in [6.07, 6.45) is 1.66. The summed E-state index contributed by atoms with van der Waals surface area (Å²) in [7, 11) is 1.76. The minimum atomic E-state index is -0.318. The average molecular weight is 358 g/mol. The molecule has 27 heavy (non-hydrogen) atoms. The van der Waals surface area contributed by atoms with Gasteiger partial charge in [-0.3, -0.25) is 4.57 Å². The minimum Gasteiger partial charge on any atom is -0.358 e. The van der Waals surface area contributed by atoms with Crippen LogP contribution in [0.3, 0.4) is 0 Å². The zero-order valence-corrected chi connectivity index (χ0v) is 14.4. The molecule has 0 fully saturated rings. The Morgan fingerprint density at radius 3 is 2.63 bits per heavy atom. The Kier molecular flexibility index (Phi) is 4.15. The predicted octanol–water partition coefficient (Wildman–Crippen LogP) is 4.22. The quantitative estimate of drug-likeness (QED) is 0.571. The van der Waals surface area contributed by atoms with Gasteiger partial charge in [-0.2, -0.15) is 5.26 Å². The second-order valence-electron chi connectivity index (χ2n) is 5.87. The lowest BCUT2D eigenvalue weighted by Crippen LogP contribution is -2.02. The van der Waals surface area contributed by atoms with E-state index in [1.54, 1.807) is 31.4 Å². The Labute approximate surface area is 154 Å². The van der Waals surface area contributed by atoms with Crippen LogP contribution in [-0.4, -0.2) is 21.6 Å². The molecule has 0 spiro atoms. The number of imidazole rings is 1. The molecule has 0 aliphatic carbocycles. The molecule has 132 valence electrons. The molecule has 4 aromatic rings. The zero-order valence-electron chi connectivity index (χ0n) is 14.4. The average Bonchev–Trinajstić information content (AvgIpc) is 3.06. The van der Waals surface area contributed by atoms with Crippen molar-refractivity contribution < 1.29 is 4.39 Å². The first kappa shape index (κ1) is 16.5. The SMILES string of the molecule is CNc1nc2cnc(Nc3ccc(C#N)cc3)cc2n1-c1cccc(F)c1. The Morgan fingerprint density at radius 2 is 1.93 bits per heavy atom. The van der Waals surface area contributed by atoms with Gasteiger partial charge in [0.2, 0.25) is 5.95 Å². The van der Waals surface area contributed by atoms with E-state index in [9.17, 15) is 4.39 Å². The number of aromatic nitrogens is 3. The first-order valence-corrected chi connectivity index (χ1v) is 8.27. The van der Waals surface area contributed by atoms with E-state index >= 15 is 0 Å². The van der Waals surface area contributed by atoms with E-state index in [1.807, 2.05) is 28.8 Å². The van der Waals surface area contributed by atoms with E-state index in [1.165, 1.54) is 12.1 Å². The van der Waals surface area contributed by atoms with Crippen molar-refractivity contribution in [3.05, 3.63) is 72.2 Å². The minimum absolute atomic E-state index is 0.318. The molecule has 7 heteroatoms. The largest absolute Gasteiger partial charge is 0.358 e. The van der Waals surface area contributed by atoms with E-state index in [0.29, 0.717) is 28.5 Å². The van der Waals surface area contributed by atoms with Gasteiger partial charge in [0, 0.05) is 18.8 Å². The molecule has 0 aliphatic rings. The van der Waals surface area contributed by atoms with Crippen LogP contribution in [0, 0.1) is 17.1 Å². The number of anilines is 3. The Morgan fingerprint density at radius 1 is 1.11 bits per heavy atom. The van der Waals surface area contributed by atoms with Crippen LogP contribution >= 0.6 is 0 Å². The molecule has 0 saturated carbocycles. The predicted molar refractivity (Wildman–Crippen MR) is 103 cm³/mol. The number of hydrogen-bond acceptors (Lipinski definition) is 5. The molecule has 6 nitrogen and oxygen atoms in total. The van der Waals surface area contributed by atoms with Crippen molar-refractivity contribution in [3.8, 4) is 11.8 Å². The molecule has 2 aromatic carbocycles. The summed E-state index contributed by atoms with van der Waals surface area (Å²) in [5.41, 5.74) is 3.54. The number of fused-ring (bicyclic) bond motifs is 1. The smallest absolute Gasteiger partial charge is 0.208 e. The summed E-state index contributed by atoms with van der Waals surface area (Å²) in [5, 5.41) is 15.1. The summed E-state index contributed by atoms with van der Waals surface area (Å²) >= 11 is 0. The monoisotopic (exact) mass is 358 g/mol. The summed E-state index contributed by atoms with van der Waals surface area (Å²) in [5.74, 6) is 0.890. The van der Waals surface area contributed by atoms with Gasteiger partial charge in [0.15, 0.2) is 0 Å². The lowest BCUT2D eigenvalue weighted by molar-refractivity contribution is 0.627. The maximum atomic E-state index is 13.7. The molecule has 2 heterocycles. The van der Waals surface area contributed by atoms with Crippen LogP contribution < -0.4 is 10.6 Å². The summed E-state index contributed by atoms with van der Waals surface area (Å²) < 4.78 is 15.6. The number of hydrogen-bond donors (Lipinski definition) is 2. The van der Waals surface area contributed by atoms with Gasteiger partial charge in [-0.25, -0.2) is 14.4 Å². The summed E-state index contributed by atoms with van der Waals surface area (Å²) in [6, 6.07) is 17.4. The molecule has 0 atom stereocenters. The number of nitriles is 1. The standard InChI is InChI=1S/C20H15FN6/c1-23-20-26-17-12-24-19(25-15-7-5-13(11-22)6-8-15)10-18(17)27(20)16-4-2-3-14(21)9-16/h2-10,12H,1H3,(H,23,26)(H,24,25). The Balaban J connectivity index is 1.78. The third kappa shape index (κ3) is 3.16. The van der Waals surface area contributed by atoms with E-state index < -0.39 is 0 Å². The van der Waals surface area contributed by atoms with Gasteiger partial charge in [0.1, 0.15) is 17.2 Å². The van der Waals surface area contributed by atoms with Crippen LogP contribution in [0.15, 0.2) is 60.8 Å². The van der Waals surface area contributed by atoms with Crippen molar-refractivity contribution in [2.75, 3.05) is 17.7 Å². The molecule has 0 bridgehead atoms. The first-order valence-electron chi connectivity index (χ1n) is 8.27. The fraction of sp³-hybridized carbons (Fsp3) is 0.0500. The van der Waals surface area contributed by atoms with Crippen molar-refractivity contribution in [1.29, 1.82) is 5.26 Å². The number of pyridine rings is 1. The lowest BCUT2D eigenvalue weighted by atomic mass is 10.2. The molecular formula is C20H15FN6. The molecule has 0 saturated heterocycles. The topological polar surface area (TPSA) is 78.6 Å². The zero-order chi connectivity index (χ0) is 18.8. The maximum absolute atomic E-state index is 13.7. The van der Waals surface area contributed by atoms with Gasteiger partial charge in [-0.05, 0) is 42.5 Å². The highest BCUT2D eigenvalue weighted by Gasteiger charge is 2.13. The first-order chi connectivity index (χ1) is 13.2. The van der Waals surface area contributed by atoms with Crippen molar-refractivity contribution in [1.82, 2.24) is 14.5 Å². The molecule has 0 radical (unpaired) electrons. The second-order valence-corrected chi connectivity index (χ2v) is 5.87. The third-order valence-corrected chi connectivity index (χ3v) is 4.12. The van der Waals surface area contributed by atoms with E-state index in [-0.39, 0.29) is 5.82 Å². The van der Waals surface area contributed by atoms with E-state index in [4.69, 9.17) is 5.26 Å². The molecule has 0 aliphatic heterocycles.